The van der Waals surface area contributed by atoms with Gasteiger partial charge in [0.15, 0.2) is 0 Å². The van der Waals surface area contributed by atoms with Crippen molar-refractivity contribution in [3.8, 4) is 11.3 Å². The second kappa shape index (κ2) is 7.09. The number of benzene rings is 1. The quantitative estimate of drug-likeness (QED) is 0.767. The number of amides is 1. The van der Waals surface area contributed by atoms with E-state index in [-0.39, 0.29) is 24.4 Å². The Hall–Kier alpha value is -2.77. The molecule has 1 amide bonds. The first kappa shape index (κ1) is 17.6. The lowest BCUT2D eigenvalue weighted by Crippen LogP contribution is -2.46. The molecule has 0 radical (unpaired) electrons. The van der Waals surface area contributed by atoms with Crippen LogP contribution in [0.4, 0.5) is 4.39 Å². The van der Waals surface area contributed by atoms with Crippen LogP contribution in [0.1, 0.15) is 17.3 Å². The number of carbonyl (C=O) groups is 1. The van der Waals surface area contributed by atoms with Gasteiger partial charge in [0, 0.05) is 23.9 Å². The van der Waals surface area contributed by atoms with Gasteiger partial charge in [-0.1, -0.05) is 12.1 Å². The largest absolute Gasteiger partial charge is 0.388 e. The van der Waals surface area contributed by atoms with Crippen molar-refractivity contribution in [2.24, 2.45) is 0 Å². The van der Waals surface area contributed by atoms with Crippen LogP contribution in [0, 0.1) is 5.82 Å². The molecule has 1 fully saturated rings. The van der Waals surface area contributed by atoms with Crippen LogP contribution in [0.5, 0.6) is 0 Å². The number of aliphatic hydroxyl groups excluding tert-OH is 1. The number of aromatic nitrogens is 2. The number of imidazole rings is 1. The van der Waals surface area contributed by atoms with E-state index in [0.29, 0.717) is 24.4 Å². The highest BCUT2D eigenvalue weighted by atomic mass is 19.1. The van der Waals surface area contributed by atoms with Crippen LogP contribution < -0.4 is 0 Å². The van der Waals surface area contributed by atoms with Gasteiger partial charge in [-0.15, -0.1) is 0 Å². The smallest absolute Gasteiger partial charge is 0.254 e. The van der Waals surface area contributed by atoms with E-state index in [4.69, 9.17) is 4.74 Å². The van der Waals surface area contributed by atoms with E-state index in [1.807, 2.05) is 19.1 Å². The molecule has 3 aromatic rings. The molecule has 27 heavy (non-hydrogen) atoms. The molecule has 1 aromatic carbocycles. The van der Waals surface area contributed by atoms with Gasteiger partial charge >= 0.3 is 0 Å². The normalized spacial score (nSPS) is 19.5. The summed E-state index contributed by atoms with van der Waals surface area (Å²) >= 11 is 0. The van der Waals surface area contributed by atoms with Crippen molar-refractivity contribution in [3.63, 3.8) is 0 Å². The summed E-state index contributed by atoms with van der Waals surface area (Å²) in [6.45, 7) is 2.95. The predicted octanol–water partition coefficient (Wildman–Crippen LogP) is 2.36. The summed E-state index contributed by atoms with van der Waals surface area (Å²) in [5.41, 5.74) is 2.76. The Bertz CT molecular complexity index is 970. The second-order valence-corrected chi connectivity index (χ2v) is 6.56. The predicted molar refractivity (Wildman–Crippen MR) is 97.9 cm³/mol. The van der Waals surface area contributed by atoms with E-state index in [0.717, 1.165) is 11.3 Å². The molecule has 6 nitrogen and oxygen atoms in total. The van der Waals surface area contributed by atoms with Gasteiger partial charge in [-0.2, -0.15) is 0 Å². The summed E-state index contributed by atoms with van der Waals surface area (Å²) in [6, 6.07) is 9.76. The standard InChI is InChI=1S/C20H20FN3O3/c1-2-23(17-11-27-12-18(17)25)20(26)14-5-3-13(4-6-14)16-9-22-19-8-7-15(21)10-24(16)19/h3-10,17-18,25H,2,11-12H2,1H3/t17-,18-/m0/s1. The molecule has 0 aliphatic carbocycles. The number of hydrogen-bond acceptors (Lipinski definition) is 4. The van der Waals surface area contributed by atoms with Crippen molar-refractivity contribution in [2.45, 2.75) is 19.1 Å². The van der Waals surface area contributed by atoms with E-state index in [1.54, 1.807) is 33.7 Å². The van der Waals surface area contributed by atoms with Gasteiger partial charge in [-0.25, -0.2) is 9.37 Å². The maximum absolute atomic E-state index is 13.6. The van der Waals surface area contributed by atoms with Gasteiger partial charge in [-0.3, -0.25) is 9.20 Å². The fourth-order valence-electron chi connectivity index (χ4n) is 3.48. The zero-order valence-corrected chi connectivity index (χ0v) is 14.9. The van der Waals surface area contributed by atoms with Gasteiger partial charge < -0.3 is 14.7 Å². The van der Waals surface area contributed by atoms with E-state index in [2.05, 4.69) is 4.98 Å². The Labute approximate surface area is 155 Å². The minimum Gasteiger partial charge on any atom is -0.388 e. The van der Waals surface area contributed by atoms with Crippen molar-refractivity contribution in [1.29, 1.82) is 0 Å². The molecule has 2 aromatic heterocycles. The fraction of sp³-hybridized carbons (Fsp3) is 0.300. The summed E-state index contributed by atoms with van der Waals surface area (Å²) in [6.07, 6.45) is 2.40. The minimum atomic E-state index is -0.666. The van der Waals surface area contributed by atoms with Gasteiger partial charge in [0.1, 0.15) is 11.5 Å². The summed E-state index contributed by atoms with van der Waals surface area (Å²) in [5, 5.41) is 10.0. The molecule has 1 aliphatic heterocycles. The average Bonchev–Trinajstić information content (AvgIpc) is 3.29. The Kier molecular flexibility index (Phi) is 4.63. The number of halogens is 1. The highest BCUT2D eigenvalue weighted by molar-refractivity contribution is 5.95. The summed E-state index contributed by atoms with van der Waals surface area (Å²) in [4.78, 5) is 18.8. The van der Waals surface area contributed by atoms with Crippen molar-refractivity contribution in [3.05, 3.63) is 60.2 Å². The molecule has 0 unspecified atom stereocenters. The Morgan fingerprint density at radius 3 is 2.74 bits per heavy atom. The van der Waals surface area contributed by atoms with Crippen LogP contribution >= 0.6 is 0 Å². The van der Waals surface area contributed by atoms with E-state index < -0.39 is 6.10 Å². The lowest BCUT2D eigenvalue weighted by Gasteiger charge is -2.28. The van der Waals surface area contributed by atoms with Crippen molar-refractivity contribution >= 4 is 11.6 Å². The third-order valence-electron chi connectivity index (χ3n) is 4.92. The molecule has 7 heteroatoms. The van der Waals surface area contributed by atoms with Crippen LogP contribution in [0.2, 0.25) is 0 Å². The van der Waals surface area contributed by atoms with Crippen molar-refractivity contribution < 1.29 is 19.0 Å². The monoisotopic (exact) mass is 369 g/mol. The Morgan fingerprint density at radius 1 is 1.30 bits per heavy atom. The van der Waals surface area contributed by atoms with Crippen LogP contribution in [0.3, 0.4) is 0 Å². The fourth-order valence-corrected chi connectivity index (χ4v) is 3.48. The molecular formula is C20H20FN3O3. The number of hydrogen-bond donors (Lipinski definition) is 1. The SMILES string of the molecule is CCN(C(=O)c1ccc(-c2cnc3ccc(F)cn23)cc1)[C@H]1COC[C@@H]1O. The molecule has 1 saturated heterocycles. The number of pyridine rings is 1. The number of likely N-dealkylation sites (N-methyl/N-ethyl adjacent to an activating group) is 1. The summed E-state index contributed by atoms with van der Waals surface area (Å²) in [7, 11) is 0. The Balaban J connectivity index is 1.61. The van der Waals surface area contributed by atoms with E-state index in [1.165, 1.54) is 12.3 Å². The highest BCUT2D eigenvalue weighted by Crippen LogP contribution is 2.23. The van der Waals surface area contributed by atoms with Crippen LogP contribution in [0.15, 0.2) is 48.8 Å². The molecule has 4 rings (SSSR count). The first-order valence-corrected chi connectivity index (χ1v) is 8.88. The lowest BCUT2D eigenvalue weighted by molar-refractivity contribution is 0.0520. The van der Waals surface area contributed by atoms with Crippen molar-refractivity contribution in [1.82, 2.24) is 14.3 Å². The number of fused-ring (bicyclic) bond motifs is 1. The van der Waals surface area contributed by atoms with Crippen LogP contribution in [0.25, 0.3) is 16.9 Å². The maximum atomic E-state index is 13.6. The maximum Gasteiger partial charge on any atom is 0.254 e. The zero-order valence-electron chi connectivity index (χ0n) is 14.9. The molecule has 0 bridgehead atoms. The zero-order chi connectivity index (χ0) is 19.0. The average molecular weight is 369 g/mol. The highest BCUT2D eigenvalue weighted by Gasteiger charge is 2.34. The Morgan fingerprint density at radius 2 is 2.07 bits per heavy atom. The summed E-state index contributed by atoms with van der Waals surface area (Å²) in [5.74, 6) is -0.493. The van der Waals surface area contributed by atoms with Crippen LogP contribution in [-0.4, -0.2) is 57.2 Å². The van der Waals surface area contributed by atoms with E-state index >= 15 is 0 Å². The van der Waals surface area contributed by atoms with Gasteiger partial charge in [-0.05, 0) is 31.2 Å². The third-order valence-corrected chi connectivity index (χ3v) is 4.92. The number of rotatable bonds is 4. The summed E-state index contributed by atoms with van der Waals surface area (Å²) < 4.78 is 20.5. The van der Waals surface area contributed by atoms with Gasteiger partial charge in [0.25, 0.3) is 5.91 Å². The molecule has 2 atom stereocenters. The minimum absolute atomic E-state index is 0.150. The van der Waals surface area contributed by atoms with Crippen molar-refractivity contribution in [2.75, 3.05) is 19.8 Å². The first-order chi connectivity index (χ1) is 13.1. The third kappa shape index (κ3) is 3.20. The molecule has 1 aliphatic rings. The first-order valence-electron chi connectivity index (χ1n) is 8.88. The number of ether oxygens (including phenoxy) is 1. The number of carbonyl (C=O) groups excluding carboxylic acids is 1. The molecule has 0 saturated carbocycles. The molecule has 1 N–H and O–H groups in total. The molecular weight excluding hydrogens is 349 g/mol. The molecule has 0 spiro atoms. The number of aliphatic hydroxyl groups is 1. The topological polar surface area (TPSA) is 67.1 Å². The van der Waals surface area contributed by atoms with Gasteiger partial charge in [0.2, 0.25) is 0 Å². The molecule has 140 valence electrons. The lowest BCUT2D eigenvalue weighted by atomic mass is 10.1. The van der Waals surface area contributed by atoms with Gasteiger partial charge in [0.05, 0.1) is 37.3 Å². The number of nitrogens with zero attached hydrogens (tertiary/aromatic N) is 3. The van der Waals surface area contributed by atoms with Crippen LogP contribution in [-0.2, 0) is 4.74 Å². The van der Waals surface area contributed by atoms with E-state index in [9.17, 15) is 14.3 Å². The second-order valence-electron chi connectivity index (χ2n) is 6.56. The molecule has 3 heterocycles.